The molecular formula is C19H21NO4S. The van der Waals surface area contributed by atoms with Gasteiger partial charge >= 0.3 is 0 Å². The number of methoxy groups -OCH3 is 3. The summed E-state index contributed by atoms with van der Waals surface area (Å²) in [6.45, 7) is 1.24. The molecule has 0 fully saturated rings. The first kappa shape index (κ1) is 17.4. The van der Waals surface area contributed by atoms with E-state index < -0.39 is 0 Å². The molecule has 5 nitrogen and oxygen atoms in total. The Labute approximate surface area is 151 Å². The smallest absolute Gasteiger partial charge is 0.264 e. The fourth-order valence-corrected chi connectivity index (χ4v) is 3.65. The minimum Gasteiger partial charge on any atom is -0.496 e. The van der Waals surface area contributed by atoms with E-state index in [-0.39, 0.29) is 5.91 Å². The quantitative estimate of drug-likeness (QED) is 0.817. The molecule has 132 valence electrons. The largest absolute Gasteiger partial charge is 0.496 e. The van der Waals surface area contributed by atoms with Gasteiger partial charge in [0.1, 0.15) is 17.2 Å². The summed E-state index contributed by atoms with van der Waals surface area (Å²) in [6.07, 6.45) is 2.82. The molecule has 0 spiro atoms. The van der Waals surface area contributed by atoms with Gasteiger partial charge in [-0.2, -0.15) is 0 Å². The molecule has 0 saturated carbocycles. The summed E-state index contributed by atoms with van der Waals surface area (Å²) in [7, 11) is 4.88. The molecule has 0 saturated heterocycles. The van der Waals surface area contributed by atoms with Gasteiger partial charge in [-0.15, -0.1) is 11.3 Å². The monoisotopic (exact) mass is 359 g/mol. The van der Waals surface area contributed by atoms with Crippen LogP contribution in [0.3, 0.4) is 0 Å². The molecule has 3 rings (SSSR count). The molecule has 0 N–H and O–H groups in total. The average molecular weight is 359 g/mol. The maximum absolute atomic E-state index is 12.5. The number of carbonyl (C=O) groups is 1. The van der Waals surface area contributed by atoms with Crippen molar-refractivity contribution in [2.24, 2.45) is 0 Å². The van der Waals surface area contributed by atoms with Crippen LogP contribution in [0.1, 0.15) is 21.7 Å². The van der Waals surface area contributed by atoms with E-state index in [1.165, 1.54) is 11.3 Å². The van der Waals surface area contributed by atoms with Gasteiger partial charge in [0.2, 0.25) is 0 Å². The molecule has 0 radical (unpaired) electrons. The molecule has 2 aromatic rings. The van der Waals surface area contributed by atoms with Gasteiger partial charge in [-0.05, 0) is 23.4 Å². The number of hydrogen-bond acceptors (Lipinski definition) is 5. The fourth-order valence-electron chi connectivity index (χ4n) is 2.96. The van der Waals surface area contributed by atoms with Crippen molar-refractivity contribution in [2.45, 2.75) is 6.42 Å². The molecule has 6 heteroatoms. The summed E-state index contributed by atoms with van der Waals surface area (Å²) >= 11 is 1.47. The fraction of sp³-hybridized carbons (Fsp3) is 0.316. The van der Waals surface area contributed by atoms with Crippen LogP contribution in [0.25, 0.3) is 5.57 Å². The van der Waals surface area contributed by atoms with E-state index in [4.69, 9.17) is 14.2 Å². The van der Waals surface area contributed by atoms with Crippen LogP contribution in [0, 0.1) is 0 Å². The zero-order valence-electron chi connectivity index (χ0n) is 14.6. The van der Waals surface area contributed by atoms with Crippen LogP contribution < -0.4 is 14.2 Å². The second-order valence-corrected chi connectivity index (χ2v) is 6.56. The Morgan fingerprint density at radius 2 is 1.84 bits per heavy atom. The third-order valence-electron chi connectivity index (χ3n) is 4.26. The summed E-state index contributed by atoms with van der Waals surface area (Å²) < 4.78 is 16.4. The summed E-state index contributed by atoms with van der Waals surface area (Å²) in [5.41, 5.74) is 2.04. The van der Waals surface area contributed by atoms with E-state index in [1.807, 2.05) is 34.5 Å². The summed E-state index contributed by atoms with van der Waals surface area (Å²) in [4.78, 5) is 15.1. The lowest BCUT2D eigenvalue weighted by Crippen LogP contribution is -2.34. The highest BCUT2D eigenvalue weighted by molar-refractivity contribution is 7.12. The van der Waals surface area contributed by atoms with Crippen LogP contribution in [0.4, 0.5) is 0 Å². The van der Waals surface area contributed by atoms with Crippen LogP contribution in [0.5, 0.6) is 17.2 Å². The number of hydrogen-bond donors (Lipinski definition) is 0. The Hall–Kier alpha value is -2.47. The number of thiophene rings is 1. The lowest BCUT2D eigenvalue weighted by Gasteiger charge is -2.27. The molecule has 0 bridgehead atoms. The minimum atomic E-state index is 0.0824. The second-order valence-electron chi connectivity index (χ2n) is 5.61. The van der Waals surface area contributed by atoms with Crippen LogP contribution >= 0.6 is 11.3 Å². The third kappa shape index (κ3) is 3.49. The van der Waals surface area contributed by atoms with Crippen molar-refractivity contribution in [3.05, 3.63) is 46.2 Å². The Balaban J connectivity index is 1.87. The Morgan fingerprint density at radius 1 is 1.12 bits per heavy atom. The Kier molecular flexibility index (Phi) is 5.28. The topological polar surface area (TPSA) is 48.0 Å². The zero-order valence-corrected chi connectivity index (χ0v) is 15.4. The normalized spacial score (nSPS) is 14.0. The molecule has 1 aliphatic rings. The summed E-state index contributed by atoms with van der Waals surface area (Å²) in [6, 6.07) is 7.46. The zero-order chi connectivity index (χ0) is 17.8. The minimum absolute atomic E-state index is 0.0824. The van der Waals surface area contributed by atoms with E-state index >= 15 is 0 Å². The maximum atomic E-state index is 12.5. The molecule has 25 heavy (non-hydrogen) atoms. The Bertz CT molecular complexity index is 758. The number of ether oxygens (including phenoxy) is 3. The predicted octanol–water partition coefficient (Wildman–Crippen LogP) is 3.70. The van der Waals surface area contributed by atoms with Gasteiger partial charge in [-0.1, -0.05) is 12.1 Å². The van der Waals surface area contributed by atoms with Gasteiger partial charge in [-0.3, -0.25) is 4.79 Å². The van der Waals surface area contributed by atoms with Crippen molar-refractivity contribution in [1.82, 2.24) is 4.90 Å². The SMILES string of the molecule is COc1cc(OC)c(C2=CCN(C(=O)c3cccs3)CC2)c(OC)c1. The van der Waals surface area contributed by atoms with Crippen molar-refractivity contribution < 1.29 is 19.0 Å². The maximum Gasteiger partial charge on any atom is 0.264 e. The standard InChI is InChI=1S/C19H21NO4S/c1-22-14-11-15(23-2)18(16(12-14)24-3)13-6-8-20(9-7-13)19(21)17-5-4-10-25-17/h4-6,10-12H,7-9H2,1-3H3. The summed E-state index contributed by atoms with van der Waals surface area (Å²) in [5.74, 6) is 2.18. The molecule has 0 atom stereocenters. The van der Waals surface area contributed by atoms with Gasteiger partial charge in [0.05, 0.1) is 31.8 Å². The molecule has 1 aromatic heterocycles. The first-order valence-corrected chi connectivity index (χ1v) is 8.88. The Morgan fingerprint density at radius 3 is 2.32 bits per heavy atom. The van der Waals surface area contributed by atoms with Gasteiger partial charge in [0.25, 0.3) is 5.91 Å². The van der Waals surface area contributed by atoms with Gasteiger partial charge in [0, 0.05) is 25.2 Å². The van der Waals surface area contributed by atoms with Crippen LogP contribution in [-0.2, 0) is 0 Å². The number of carbonyl (C=O) groups excluding carboxylic acids is 1. The molecule has 1 amide bonds. The van der Waals surface area contributed by atoms with Crippen molar-refractivity contribution in [3.63, 3.8) is 0 Å². The van der Waals surface area contributed by atoms with E-state index in [2.05, 4.69) is 6.08 Å². The molecule has 2 heterocycles. The predicted molar refractivity (Wildman–Crippen MR) is 98.9 cm³/mol. The molecule has 1 aliphatic heterocycles. The lowest BCUT2D eigenvalue weighted by molar-refractivity contribution is 0.0777. The van der Waals surface area contributed by atoms with E-state index in [1.54, 1.807) is 21.3 Å². The number of nitrogens with zero attached hydrogens (tertiary/aromatic N) is 1. The van der Waals surface area contributed by atoms with E-state index in [9.17, 15) is 4.79 Å². The van der Waals surface area contributed by atoms with Crippen LogP contribution in [-0.4, -0.2) is 45.2 Å². The van der Waals surface area contributed by atoms with E-state index in [0.29, 0.717) is 30.3 Å². The summed E-state index contributed by atoms with van der Waals surface area (Å²) in [5, 5.41) is 1.92. The van der Waals surface area contributed by atoms with Gasteiger partial charge in [0.15, 0.2) is 0 Å². The van der Waals surface area contributed by atoms with Crippen molar-refractivity contribution in [3.8, 4) is 17.2 Å². The molecule has 1 aromatic carbocycles. The number of benzene rings is 1. The van der Waals surface area contributed by atoms with Gasteiger partial charge < -0.3 is 19.1 Å². The number of rotatable bonds is 5. The van der Waals surface area contributed by atoms with Gasteiger partial charge in [-0.25, -0.2) is 0 Å². The first-order chi connectivity index (χ1) is 12.2. The van der Waals surface area contributed by atoms with Crippen molar-refractivity contribution in [1.29, 1.82) is 0 Å². The molecule has 0 unspecified atom stereocenters. The second kappa shape index (κ2) is 7.61. The lowest BCUT2D eigenvalue weighted by atomic mass is 9.97. The van der Waals surface area contributed by atoms with Crippen LogP contribution in [0.2, 0.25) is 0 Å². The highest BCUT2D eigenvalue weighted by Gasteiger charge is 2.23. The number of amides is 1. The van der Waals surface area contributed by atoms with E-state index in [0.717, 1.165) is 22.4 Å². The third-order valence-corrected chi connectivity index (χ3v) is 5.12. The first-order valence-electron chi connectivity index (χ1n) is 8.00. The molecule has 0 aliphatic carbocycles. The van der Waals surface area contributed by atoms with Crippen molar-refractivity contribution >= 4 is 22.8 Å². The highest BCUT2D eigenvalue weighted by atomic mass is 32.1. The highest BCUT2D eigenvalue weighted by Crippen LogP contribution is 2.40. The molecular weight excluding hydrogens is 338 g/mol. The van der Waals surface area contributed by atoms with Crippen LogP contribution in [0.15, 0.2) is 35.7 Å². The van der Waals surface area contributed by atoms with Crippen molar-refractivity contribution in [2.75, 3.05) is 34.4 Å². The average Bonchev–Trinajstić information content (AvgIpc) is 3.21.